The molecule has 0 saturated carbocycles. The smallest absolute Gasteiger partial charge is 0.247 e. The number of carbonyl (C=O) groups is 3. The average molecular weight is 390 g/mol. The number of imide groups is 1. The number of halogens is 2. The largest absolute Gasteiger partial charge is 0.325 e. The lowest BCUT2D eigenvalue weighted by atomic mass is 10.2. The van der Waals surface area contributed by atoms with E-state index < -0.39 is 28.7 Å². The Morgan fingerprint density at radius 1 is 1.15 bits per heavy atom. The Morgan fingerprint density at radius 2 is 1.85 bits per heavy atom. The first-order valence-electron chi connectivity index (χ1n) is 8.15. The van der Waals surface area contributed by atoms with Crippen LogP contribution in [-0.2, 0) is 14.4 Å². The lowest BCUT2D eigenvalue weighted by molar-refractivity contribution is -0.121. The van der Waals surface area contributed by atoms with Gasteiger partial charge in [0.2, 0.25) is 17.7 Å². The van der Waals surface area contributed by atoms with Gasteiger partial charge < -0.3 is 5.32 Å². The quantitative estimate of drug-likeness (QED) is 0.796. The lowest BCUT2D eigenvalue weighted by Crippen LogP contribution is -2.31. The molecule has 1 fully saturated rings. The minimum absolute atomic E-state index is 0.0107. The Labute approximate surface area is 158 Å². The molecule has 3 amide bonds. The zero-order chi connectivity index (χ0) is 19.6. The maximum absolute atomic E-state index is 13.4. The third kappa shape index (κ3) is 4.33. The fourth-order valence-electron chi connectivity index (χ4n) is 2.64. The van der Waals surface area contributed by atoms with Gasteiger partial charge in [-0.05, 0) is 31.2 Å². The number of carbonyl (C=O) groups excluding carboxylic acids is 3. The van der Waals surface area contributed by atoms with Crippen LogP contribution in [0.3, 0.4) is 0 Å². The number of nitrogens with zero attached hydrogens (tertiary/aromatic N) is 1. The third-order valence-electron chi connectivity index (χ3n) is 4.02. The third-order valence-corrected chi connectivity index (χ3v) is 5.22. The second kappa shape index (κ2) is 7.87. The normalized spacial score (nSPS) is 16.7. The van der Waals surface area contributed by atoms with Crippen LogP contribution in [-0.4, -0.2) is 28.7 Å². The van der Waals surface area contributed by atoms with Crippen molar-refractivity contribution in [3.8, 4) is 0 Å². The minimum atomic E-state index is -1.14. The highest BCUT2D eigenvalue weighted by molar-refractivity contribution is 8.01. The van der Waals surface area contributed by atoms with Gasteiger partial charge in [-0.3, -0.25) is 14.4 Å². The van der Waals surface area contributed by atoms with E-state index >= 15 is 0 Å². The number of hydrogen-bond donors (Lipinski definition) is 1. The molecule has 1 N–H and O–H groups in total. The molecule has 1 aliphatic heterocycles. The van der Waals surface area contributed by atoms with Crippen molar-refractivity contribution in [3.63, 3.8) is 0 Å². The summed E-state index contributed by atoms with van der Waals surface area (Å²) in [5.41, 5.74) is 1.69. The Balaban J connectivity index is 1.60. The zero-order valence-corrected chi connectivity index (χ0v) is 15.2. The molecule has 3 rings (SSSR count). The molecule has 27 heavy (non-hydrogen) atoms. The average Bonchev–Trinajstić information content (AvgIpc) is 2.91. The summed E-state index contributed by atoms with van der Waals surface area (Å²) in [6.45, 7) is 1.93. The van der Waals surface area contributed by atoms with Gasteiger partial charge in [-0.1, -0.05) is 17.7 Å². The predicted molar refractivity (Wildman–Crippen MR) is 99.5 cm³/mol. The van der Waals surface area contributed by atoms with Crippen molar-refractivity contribution < 1.29 is 23.2 Å². The molecule has 0 aromatic heterocycles. The van der Waals surface area contributed by atoms with Crippen molar-refractivity contribution in [3.05, 3.63) is 59.7 Å². The summed E-state index contributed by atoms with van der Waals surface area (Å²) in [5, 5.41) is 1.97. The fraction of sp³-hybridized carbons (Fsp3) is 0.211. The van der Waals surface area contributed by atoms with Crippen molar-refractivity contribution in [2.24, 2.45) is 0 Å². The van der Waals surface area contributed by atoms with E-state index in [0.29, 0.717) is 5.69 Å². The van der Waals surface area contributed by atoms with Gasteiger partial charge in [0, 0.05) is 18.2 Å². The molecule has 2 aromatic rings. The first-order valence-corrected chi connectivity index (χ1v) is 9.20. The monoisotopic (exact) mass is 390 g/mol. The maximum Gasteiger partial charge on any atom is 0.247 e. The number of hydrogen-bond acceptors (Lipinski definition) is 4. The number of anilines is 2. The van der Waals surface area contributed by atoms with Gasteiger partial charge in [0.25, 0.3) is 0 Å². The molecule has 140 valence electrons. The molecule has 2 aromatic carbocycles. The molecule has 1 saturated heterocycles. The lowest BCUT2D eigenvalue weighted by Gasteiger charge is -2.15. The summed E-state index contributed by atoms with van der Waals surface area (Å²) in [7, 11) is 0. The minimum Gasteiger partial charge on any atom is -0.325 e. The van der Waals surface area contributed by atoms with Crippen molar-refractivity contribution in [1.29, 1.82) is 0 Å². The number of nitrogens with one attached hydrogen (secondary N) is 1. The van der Waals surface area contributed by atoms with E-state index in [2.05, 4.69) is 5.32 Å². The first-order chi connectivity index (χ1) is 12.8. The van der Waals surface area contributed by atoms with E-state index in [0.717, 1.165) is 34.4 Å². The van der Waals surface area contributed by atoms with Crippen molar-refractivity contribution >= 4 is 40.9 Å². The molecule has 1 heterocycles. The van der Waals surface area contributed by atoms with Gasteiger partial charge in [-0.15, -0.1) is 11.8 Å². The Bertz CT molecular complexity index is 902. The molecule has 0 bridgehead atoms. The van der Waals surface area contributed by atoms with Crippen LogP contribution in [0.15, 0.2) is 42.5 Å². The van der Waals surface area contributed by atoms with E-state index in [1.807, 2.05) is 19.1 Å². The molecular formula is C19H16F2N2O3S. The summed E-state index contributed by atoms with van der Waals surface area (Å²) in [6, 6.07) is 10.1. The summed E-state index contributed by atoms with van der Waals surface area (Å²) < 4.78 is 26.4. The van der Waals surface area contributed by atoms with Crippen molar-refractivity contribution in [2.45, 2.75) is 18.6 Å². The molecule has 0 aliphatic carbocycles. The van der Waals surface area contributed by atoms with E-state index in [-0.39, 0.29) is 23.8 Å². The van der Waals surface area contributed by atoms with Crippen LogP contribution in [0.4, 0.5) is 20.2 Å². The maximum atomic E-state index is 13.4. The highest BCUT2D eigenvalue weighted by Gasteiger charge is 2.40. The highest BCUT2D eigenvalue weighted by Crippen LogP contribution is 2.30. The van der Waals surface area contributed by atoms with E-state index in [9.17, 15) is 23.2 Å². The molecule has 1 atom stereocenters. The van der Waals surface area contributed by atoms with Crippen LogP contribution >= 0.6 is 11.8 Å². The Morgan fingerprint density at radius 3 is 2.52 bits per heavy atom. The highest BCUT2D eigenvalue weighted by atomic mass is 32.2. The van der Waals surface area contributed by atoms with Crippen molar-refractivity contribution in [2.75, 3.05) is 16.0 Å². The predicted octanol–water partition coefficient (Wildman–Crippen LogP) is 3.28. The van der Waals surface area contributed by atoms with Gasteiger partial charge in [0.1, 0.15) is 0 Å². The summed E-state index contributed by atoms with van der Waals surface area (Å²) in [5.74, 6) is -3.56. The number of rotatable bonds is 5. The van der Waals surface area contributed by atoms with Crippen LogP contribution in [0.2, 0.25) is 0 Å². The molecule has 5 nitrogen and oxygen atoms in total. The number of benzene rings is 2. The Hall–Kier alpha value is -2.74. The molecule has 0 radical (unpaired) electrons. The molecule has 0 unspecified atom stereocenters. The van der Waals surface area contributed by atoms with E-state index in [1.165, 1.54) is 6.07 Å². The number of amides is 3. The number of thioether (sulfide) groups is 1. The standard InChI is InChI=1S/C19H16F2N2O3S/c1-11-2-4-12(5-3-11)22-17(24)10-27-16-9-18(25)23(19(16)26)13-6-7-14(20)15(21)8-13/h2-8,16H,9-10H2,1H3,(H,22,24)/t16-/m1/s1. The number of aryl methyl sites for hydroxylation is 1. The molecule has 1 aliphatic rings. The van der Waals surface area contributed by atoms with Gasteiger partial charge in [0.15, 0.2) is 11.6 Å². The summed E-state index contributed by atoms with van der Waals surface area (Å²) in [6.07, 6.45) is -0.0969. The SMILES string of the molecule is Cc1ccc(NC(=O)CS[C@@H]2CC(=O)N(c3ccc(F)c(F)c3)C2=O)cc1. The summed E-state index contributed by atoms with van der Waals surface area (Å²) in [4.78, 5) is 37.5. The van der Waals surface area contributed by atoms with E-state index in [4.69, 9.17) is 0 Å². The zero-order valence-electron chi connectivity index (χ0n) is 14.4. The van der Waals surface area contributed by atoms with Gasteiger partial charge in [0.05, 0.1) is 16.7 Å². The van der Waals surface area contributed by atoms with Gasteiger partial charge in [-0.25, -0.2) is 13.7 Å². The van der Waals surface area contributed by atoms with Crippen LogP contribution in [0.5, 0.6) is 0 Å². The Kier molecular flexibility index (Phi) is 5.55. The van der Waals surface area contributed by atoms with Crippen LogP contribution in [0, 0.1) is 18.6 Å². The topological polar surface area (TPSA) is 66.5 Å². The van der Waals surface area contributed by atoms with E-state index in [1.54, 1.807) is 12.1 Å². The van der Waals surface area contributed by atoms with Crippen molar-refractivity contribution in [1.82, 2.24) is 0 Å². The summed E-state index contributed by atoms with van der Waals surface area (Å²) >= 11 is 1.04. The van der Waals surface area contributed by atoms with Crippen LogP contribution in [0.25, 0.3) is 0 Å². The second-order valence-corrected chi connectivity index (χ2v) is 7.27. The fourth-order valence-corrected chi connectivity index (χ4v) is 3.57. The molecular weight excluding hydrogens is 374 g/mol. The van der Waals surface area contributed by atoms with Gasteiger partial charge >= 0.3 is 0 Å². The van der Waals surface area contributed by atoms with Crippen LogP contribution < -0.4 is 10.2 Å². The van der Waals surface area contributed by atoms with Gasteiger partial charge in [-0.2, -0.15) is 0 Å². The second-order valence-electron chi connectivity index (χ2n) is 6.08. The molecule has 8 heteroatoms. The first kappa shape index (κ1) is 19.0. The van der Waals surface area contributed by atoms with Crippen LogP contribution in [0.1, 0.15) is 12.0 Å². The molecule has 0 spiro atoms.